The van der Waals surface area contributed by atoms with Gasteiger partial charge in [0.15, 0.2) is 0 Å². The maximum Gasteiger partial charge on any atom is 0.335 e. The third-order valence-corrected chi connectivity index (χ3v) is 4.98. The summed E-state index contributed by atoms with van der Waals surface area (Å²) in [6.45, 7) is 0.889. The average molecular weight is 432 g/mol. The summed E-state index contributed by atoms with van der Waals surface area (Å²) in [5.41, 5.74) is 2.75. The molecule has 0 fully saturated rings. The van der Waals surface area contributed by atoms with Gasteiger partial charge in [-0.3, -0.25) is 0 Å². The van der Waals surface area contributed by atoms with Crippen molar-refractivity contribution in [1.29, 1.82) is 0 Å². The second-order valence-electron chi connectivity index (χ2n) is 6.25. The molecular formula is C22H19Cl2NO4. The van der Waals surface area contributed by atoms with E-state index >= 15 is 0 Å². The Hall–Kier alpha value is -2.89. The van der Waals surface area contributed by atoms with Crippen molar-refractivity contribution in [2.45, 2.75) is 13.2 Å². The molecule has 0 aliphatic heterocycles. The normalized spacial score (nSPS) is 10.4. The molecule has 0 atom stereocenters. The highest BCUT2D eigenvalue weighted by Crippen LogP contribution is 2.27. The molecule has 29 heavy (non-hydrogen) atoms. The number of rotatable bonds is 8. The largest absolute Gasteiger partial charge is 0.495 e. The molecule has 7 heteroatoms. The van der Waals surface area contributed by atoms with Crippen LogP contribution in [0.15, 0.2) is 60.7 Å². The van der Waals surface area contributed by atoms with Crippen LogP contribution < -0.4 is 14.8 Å². The Morgan fingerprint density at radius 1 is 0.966 bits per heavy atom. The van der Waals surface area contributed by atoms with Crippen LogP contribution in [0, 0.1) is 0 Å². The number of nitrogens with one attached hydrogen (secondary N) is 1. The molecule has 0 spiro atoms. The number of hydrogen-bond acceptors (Lipinski definition) is 4. The summed E-state index contributed by atoms with van der Waals surface area (Å²) in [5, 5.41) is 13.4. The standard InChI is InChI=1S/C22H19Cl2NO4/c1-28-21-9-5-16(22(26)27)11-20(21)25-12-14-2-6-17(7-3-14)29-13-15-4-8-18(23)19(24)10-15/h2-11,25H,12-13H2,1H3,(H,26,27). The molecule has 0 saturated heterocycles. The zero-order valence-electron chi connectivity index (χ0n) is 15.6. The van der Waals surface area contributed by atoms with Crippen molar-refractivity contribution in [3.8, 4) is 11.5 Å². The second kappa shape index (κ2) is 9.54. The van der Waals surface area contributed by atoms with E-state index in [1.165, 1.54) is 6.07 Å². The quantitative estimate of drug-likeness (QED) is 0.465. The summed E-state index contributed by atoms with van der Waals surface area (Å²) in [4.78, 5) is 11.2. The molecule has 3 aromatic rings. The van der Waals surface area contributed by atoms with Crippen LogP contribution in [-0.4, -0.2) is 18.2 Å². The first-order chi connectivity index (χ1) is 14.0. The smallest absolute Gasteiger partial charge is 0.335 e. The SMILES string of the molecule is COc1ccc(C(=O)O)cc1NCc1ccc(OCc2ccc(Cl)c(Cl)c2)cc1. The third kappa shape index (κ3) is 5.56. The minimum atomic E-state index is -0.987. The van der Waals surface area contributed by atoms with Gasteiger partial charge in [-0.25, -0.2) is 4.79 Å². The van der Waals surface area contributed by atoms with Gasteiger partial charge in [0.2, 0.25) is 0 Å². The average Bonchev–Trinajstić information content (AvgIpc) is 2.73. The molecule has 5 nitrogen and oxygen atoms in total. The van der Waals surface area contributed by atoms with Gasteiger partial charge in [-0.1, -0.05) is 41.4 Å². The van der Waals surface area contributed by atoms with E-state index in [-0.39, 0.29) is 5.56 Å². The number of hydrogen-bond donors (Lipinski definition) is 2. The van der Waals surface area contributed by atoms with Gasteiger partial charge in [0.05, 0.1) is 28.4 Å². The van der Waals surface area contributed by atoms with Crippen LogP contribution in [0.4, 0.5) is 5.69 Å². The Morgan fingerprint density at radius 2 is 1.69 bits per heavy atom. The maximum absolute atomic E-state index is 11.2. The van der Waals surface area contributed by atoms with Crippen molar-refractivity contribution >= 4 is 34.9 Å². The fraction of sp³-hybridized carbons (Fsp3) is 0.136. The molecule has 0 aliphatic carbocycles. The Labute approximate surface area is 178 Å². The molecule has 3 rings (SSSR count). The van der Waals surface area contributed by atoms with Crippen LogP contribution in [0.2, 0.25) is 10.0 Å². The van der Waals surface area contributed by atoms with E-state index in [0.29, 0.717) is 34.6 Å². The summed E-state index contributed by atoms with van der Waals surface area (Å²) in [6, 6.07) is 17.7. The summed E-state index contributed by atoms with van der Waals surface area (Å²) in [5.74, 6) is 0.320. The van der Waals surface area contributed by atoms with Crippen LogP contribution in [0.3, 0.4) is 0 Å². The lowest BCUT2D eigenvalue weighted by atomic mass is 10.1. The monoisotopic (exact) mass is 431 g/mol. The zero-order valence-corrected chi connectivity index (χ0v) is 17.1. The lowest BCUT2D eigenvalue weighted by molar-refractivity contribution is 0.0697. The topological polar surface area (TPSA) is 67.8 Å². The number of ether oxygens (including phenoxy) is 2. The summed E-state index contributed by atoms with van der Waals surface area (Å²) >= 11 is 11.9. The molecular weight excluding hydrogens is 413 g/mol. The molecule has 0 bridgehead atoms. The van der Waals surface area contributed by atoms with Gasteiger partial charge in [-0.2, -0.15) is 0 Å². The number of anilines is 1. The number of aromatic carboxylic acids is 1. The molecule has 0 radical (unpaired) electrons. The summed E-state index contributed by atoms with van der Waals surface area (Å²) in [7, 11) is 1.54. The van der Waals surface area contributed by atoms with Crippen molar-refractivity contribution in [2.75, 3.05) is 12.4 Å². The first kappa shape index (κ1) is 20.8. The fourth-order valence-electron chi connectivity index (χ4n) is 2.68. The molecule has 0 aromatic heterocycles. The molecule has 0 aliphatic rings. The van der Waals surface area contributed by atoms with Crippen molar-refractivity contribution < 1.29 is 19.4 Å². The number of halogens is 2. The highest BCUT2D eigenvalue weighted by atomic mass is 35.5. The summed E-state index contributed by atoms with van der Waals surface area (Å²) in [6.07, 6.45) is 0. The Kier molecular flexibility index (Phi) is 6.86. The first-order valence-electron chi connectivity index (χ1n) is 8.77. The van der Waals surface area contributed by atoms with Crippen molar-refractivity contribution in [1.82, 2.24) is 0 Å². The molecule has 0 amide bonds. The Balaban J connectivity index is 1.60. The minimum absolute atomic E-state index is 0.194. The number of benzene rings is 3. The van der Waals surface area contributed by atoms with E-state index in [1.807, 2.05) is 30.3 Å². The third-order valence-electron chi connectivity index (χ3n) is 4.24. The van der Waals surface area contributed by atoms with Crippen LogP contribution in [-0.2, 0) is 13.2 Å². The maximum atomic E-state index is 11.2. The number of carbonyl (C=O) groups is 1. The zero-order chi connectivity index (χ0) is 20.8. The van der Waals surface area contributed by atoms with Gasteiger partial charge in [0, 0.05) is 6.54 Å². The highest BCUT2D eigenvalue weighted by molar-refractivity contribution is 6.42. The van der Waals surface area contributed by atoms with E-state index in [4.69, 9.17) is 37.8 Å². The molecule has 3 aromatic carbocycles. The lowest BCUT2D eigenvalue weighted by Gasteiger charge is -2.13. The van der Waals surface area contributed by atoms with Gasteiger partial charge < -0.3 is 19.9 Å². The predicted octanol–water partition coefficient (Wildman–Crippen LogP) is 5.89. The molecule has 150 valence electrons. The van der Waals surface area contributed by atoms with Crippen LogP contribution in [0.25, 0.3) is 0 Å². The van der Waals surface area contributed by atoms with Crippen molar-refractivity contribution in [3.05, 3.63) is 87.4 Å². The molecule has 2 N–H and O–H groups in total. The summed E-state index contributed by atoms with van der Waals surface area (Å²) < 4.78 is 11.1. The van der Waals surface area contributed by atoms with Gasteiger partial charge in [-0.05, 0) is 53.6 Å². The second-order valence-corrected chi connectivity index (χ2v) is 7.07. The first-order valence-corrected chi connectivity index (χ1v) is 9.52. The number of carboxylic acids is 1. The van der Waals surface area contributed by atoms with Gasteiger partial charge in [0.25, 0.3) is 0 Å². The predicted molar refractivity (Wildman–Crippen MR) is 115 cm³/mol. The van der Waals surface area contributed by atoms with E-state index < -0.39 is 5.97 Å². The van der Waals surface area contributed by atoms with Gasteiger partial charge in [0.1, 0.15) is 18.1 Å². The minimum Gasteiger partial charge on any atom is -0.495 e. The van der Waals surface area contributed by atoms with E-state index in [1.54, 1.807) is 31.4 Å². The van der Waals surface area contributed by atoms with Crippen molar-refractivity contribution in [3.63, 3.8) is 0 Å². The van der Waals surface area contributed by atoms with Crippen LogP contribution in [0.1, 0.15) is 21.5 Å². The molecule has 0 unspecified atom stereocenters. The van der Waals surface area contributed by atoms with Gasteiger partial charge in [-0.15, -0.1) is 0 Å². The Bertz CT molecular complexity index is 1010. The van der Waals surface area contributed by atoms with Gasteiger partial charge >= 0.3 is 5.97 Å². The van der Waals surface area contributed by atoms with Crippen LogP contribution in [0.5, 0.6) is 11.5 Å². The number of carboxylic acid groups (broad SMARTS) is 1. The van der Waals surface area contributed by atoms with Crippen LogP contribution >= 0.6 is 23.2 Å². The lowest BCUT2D eigenvalue weighted by Crippen LogP contribution is -2.04. The molecule has 0 saturated carbocycles. The van der Waals surface area contributed by atoms with E-state index in [2.05, 4.69) is 5.32 Å². The van der Waals surface area contributed by atoms with E-state index in [9.17, 15) is 4.79 Å². The fourth-order valence-corrected chi connectivity index (χ4v) is 3.00. The highest BCUT2D eigenvalue weighted by Gasteiger charge is 2.09. The Morgan fingerprint density at radius 3 is 2.34 bits per heavy atom. The number of methoxy groups -OCH3 is 1. The van der Waals surface area contributed by atoms with E-state index in [0.717, 1.165) is 16.9 Å². The van der Waals surface area contributed by atoms with Crippen molar-refractivity contribution in [2.24, 2.45) is 0 Å². The molecule has 0 heterocycles.